The lowest BCUT2D eigenvalue weighted by atomic mass is 10.1. The molecule has 30 heavy (non-hydrogen) atoms. The van der Waals surface area contributed by atoms with E-state index in [9.17, 15) is 14.4 Å². The monoisotopic (exact) mass is 469 g/mol. The molecule has 1 heterocycles. The Balaban J connectivity index is 1.63. The molecular weight excluding hydrogens is 450 g/mol. The summed E-state index contributed by atoms with van der Waals surface area (Å²) in [5.41, 5.74) is 1.92. The first-order valence-corrected chi connectivity index (χ1v) is 10.1. The van der Waals surface area contributed by atoms with Crippen molar-refractivity contribution < 1.29 is 18.8 Å². The minimum atomic E-state index is -0.421. The molecule has 0 saturated heterocycles. The van der Waals surface area contributed by atoms with Gasteiger partial charge in [-0.2, -0.15) is 0 Å². The highest BCUT2D eigenvalue weighted by Crippen LogP contribution is 2.18. The Labute approximate surface area is 182 Å². The molecule has 0 spiro atoms. The maximum Gasteiger partial charge on any atom is 0.291 e. The lowest BCUT2D eigenvalue weighted by molar-refractivity contribution is 0.0952. The largest absolute Gasteiger partial charge is 0.444 e. The van der Waals surface area contributed by atoms with E-state index in [-0.39, 0.29) is 17.6 Å². The number of rotatable bonds is 7. The molecule has 0 fully saturated rings. The Hall–Kier alpha value is -3.39. The fourth-order valence-corrected chi connectivity index (χ4v) is 2.92. The van der Waals surface area contributed by atoms with Gasteiger partial charge in [0.1, 0.15) is 0 Å². The third-order valence-corrected chi connectivity index (χ3v) is 4.55. The van der Waals surface area contributed by atoms with Crippen molar-refractivity contribution in [2.45, 2.75) is 13.3 Å². The molecule has 0 atom stereocenters. The van der Waals surface area contributed by atoms with Gasteiger partial charge in [0.05, 0.1) is 0 Å². The molecule has 8 heteroatoms. The van der Waals surface area contributed by atoms with E-state index in [0.29, 0.717) is 33.7 Å². The van der Waals surface area contributed by atoms with Crippen LogP contribution in [-0.2, 0) is 0 Å². The summed E-state index contributed by atoms with van der Waals surface area (Å²) in [4.78, 5) is 36.7. The lowest BCUT2D eigenvalue weighted by Crippen LogP contribution is -2.23. The van der Waals surface area contributed by atoms with E-state index in [1.807, 2.05) is 6.92 Å². The molecule has 0 saturated carbocycles. The number of nitrogens with one attached hydrogen (secondary N) is 3. The average Bonchev–Trinajstić information content (AvgIpc) is 3.19. The first-order chi connectivity index (χ1) is 14.5. The van der Waals surface area contributed by atoms with Gasteiger partial charge in [-0.1, -0.05) is 13.0 Å². The number of furan rings is 1. The summed E-state index contributed by atoms with van der Waals surface area (Å²) in [6.07, 6.45) is 0.860. The summed E-state index contributed by atoms with van der Waals surface area (Å²) in [5, 5.41) is 8.26. The summed E-state index contributed by atoms with van der Waals surface area (Å²) in [6, 6.07) is 16.4. The van der Waals surface area contributed by atoms with E-state index in [1.165, 1.54) is 0 Å². The number of hydrogen-bond acceptors (Lipinski definition) is 4. The molecule has 0 aliphatic carbocycles. The first kappa shape index (κ1) is 21.3. The van der Waals surface area contributed by atoms with Crippen LogP contribution in [-0.4, -0.2) is 24.3 Å². The van der Waals surface area contributed by atoms with E-state index < -0.39 is 5.91 Å². The highest BCUT2D eigenvalue weighted by molar-refractivity contribution is 9.10. The summed E-state index contributed by atoms with van der Waals surface area (Å²) in [6.45, 7) is 2.59. The van der Waals surface area contributed by atoms with Crippen LogP contribution in [0, 0.1) is 0 Å². The van der Waals surface area contributed by atoms with Crippen molar-refractivity contribution in [2.24, 2.45) is 0 Å². The van der Waals surface area contributed by atoms with Gasteiger partial charge in [-0.05, 0) is 76.9 Å². The van der Waals surface area contributed by atoms with Crippen molar-refractivity contribution >= 4 is 45.0 Å². The third-order valence-electron chi connectivity index (χ3n) is 4.12. The van der Waals surface area contributed by atoms with Crippen LogP contribution in [0.3, 0.4) is 0 Å². The first-order valence-electron chi connectivity index (χ1n) is 9.32. The van der Waals surface area contributed by atoms with Crippen LogP contribution in [0.4, 0.5) is 11.4 Å². The van der Waals surface area contributed by atoms with Crippen molar-refractivity contribution in [2.75, 3.05) is 17.2 Å². The van der Waals surface area contributed by atoms with Gasteiger partial charge >= 0.3 is 0 Å². The topological polar surface area (TPSA) is 100 Å². The predicted molar refractivity (Wildman–Crippen MR) is 118 cm³/mol. The second-order valence-electron chi connectivity index (χ2n) is 6.43. The molecule has 1 aromatic heterocycles. The van der Waals surface area contributed by atoms with Gasteiger partial charge in [-0.25, -0.2) is 0 Å². The number of benzene rings is 2. The van der Waals surface area contributed by atoms with E-state index >= 15 is 0 Å². The lowest BCUT2D eigenvalue weighted by Gasteiger charge is -2.09. The molecule has 3 rings (SSSR count). The molecule has 3 amide bonds. The predicted octanol–water partition coefficient (Wildman–Crippen LogP) is 4.69. The van der Waals surface area contributed by atoms with Crippen molar-refractivity contribution in [1.29, 1.82) is 0 Å². The molecule has 0 aliphatic heterocycles. The van der Waals surface area contributed by atoms with Crippen molar-refractivity contribution in [3.8, 4) is 0 Å². The normalized spacial score (nSPS) is 10.3. The van der Waals surface area contributed by atoms with E-state index in [4.69, 9.17) is 4.42 Å². The number of carbonyl (C=O) groups is 3. The fraction of sp³-hybridized carbons (Fsp3) is 0.136. The standard InChI is InChI=1S/C22H20BrN3O4/c1-2-12-24-20(27)14-6-8-16(9-7-14)25-21(28)15-4-3-5-17(13-15)26-22(29)18-10-11-19(23)30-18/h3-11,13H,2,12H2,1H3,(H,24,27)(H,25,28)(H,26,29). The van der Waals surface area contributed by atoms with Crippen molar-refractivity contribution in [1.82, 2.24) is 5.32 Å². The van der Waals surface area contributed by atoms with Crippen molar-refractivity contribution in [3.63, 3.8) is 0 Å². The number of halogens is 1. The highest BCUT2D eigenvalue weighted by atomic mass is 79.9. The minimum Gasteiger partial charge on any atom is -0.444 e. The summed E-state index contributed by atoms with van der Waals surface area (Å²) < 4.78 is 5.67. The SMILES string of the molecule is CCCNC(=O)c1ccc(NC(=O)c2cccc(NC(=O)c3ccc(Br)o3)c2)cc1. The van der Waals surface area contributed by atoms with Crippen LogP contribution in [0.5, 0.6) is 0 Å². The Kier molecular flexibility index (Phi) is 7.03. The minimum absolute atomic E-state index is 0.151. The van der Waals surface area contributed by atoms with Crippen LogP contribution in [0.2, 0.25) is 0 Å². The maximum absolute atomic E-state index is 12.6. The third kappa shape index (κ3) is 5.57. The molecule has 0 unspecified atom stereocenters. The number of carbonyl (C=O) groups excluding carboxylic acids is 3. The molecule has 2 aromatic carbocycles. The summed E-state index contributed by atoms with van der Waals surface area (Å²) >= 11 is 3.15. The highest BCUT2D eigenvalue weighted by Gasteiger charge is 2.13. The average molecular weight is 470 g/mol. The zero-order valence-electron chi connectivity index (χ0n) is 16.2. The fourth-order valence-electron chi connectivity index (χ4n) is 2.62. The van der Waals surface area contributed by atoms with Gasteiger partial charge in [-0.3, -0.25) is 14.4 Å². The maximum atomic E-state index is 12.6. The van der Waals surface area contributed by atoms with Crippen LogP contribution in [0.25, 0.3) is 0 Å². The van der Waals surface area contributed by atoms with Gasteiger partial charge in [0, 0.05) is 29.0 Å². The van der Waals surface area contributed by atoms with Crippen molar-refractivity contribution in [3.05, 3.63) is 82.2 Å². The smallest absolute Gasteiger partial charge is 0.291 e. The second kappa shape index (κ2) is 9.89. The Morgan fingerprint density at radius 3 is 2.23 bits per heavy atom. The number of amides is 3. The molecular formula is C22H20BrN3O4. The van der Waals surface area contributed by atoms with Gasteiger partial charge < -0.3 is 20.4 Å². The Bertz CT molecular complexity index is 1060. The molecule has 3 aromatic rings. The molecule has 0 bridgehead atoms. The van der Waals surface area contributed by atoms with E-state index in [2.05, 4.69) is 31.9 Å². The molecule has 0 radical (unpaired) electrons. The number of hydrogen-bond donors (Lipinski definition) is 3. The van der Waals surface area contributed by atoms with Crippen LogP contribution in [0.1, 0.15) is 44.6 Å². The molecule has 0 aliphatic rings. The Morgan fingerprint density at radius 1 is 0.833 bits per heavy atom. The van der Waals surface area contributed by atoms with Crippen LogP contribution in [0.15, 0.2) is 69.8 Å². The zero-order chi connectivity index (χ0) is 21.5. The van der Waals surface area contributed by atoms with Gasteiger partial charge in [0.15, 0.2) is 10.4 Å². The van der Waals surface area contributed by atoms with Gasteiger partial charge in [0.25, 0.3) is 17.7 Å². The van der Waals surface area contributed by atoms with Gasteiger partial charge in [-0.15, -0.1) is 0 Å². The van der Waals surface area contributed by atoms with Crippen LogP contribution >= 0.6 is 15.9 Å². The second-order valence-corrected chi connectivity index (χ2v) is 7.21. The molecule has 3 N–H and O–H groups in total. The Morgan fingerprint density at radius 2 is 1.57 bits per heavy atom. The molecule has 154 valence electrons. The van der Waals surface area contributed by atoms with Crippen LogP contribution < -0.4 is 16.0 Å². The van der Waals surface area contributed by atoms with E-state index in [0.717, 1.165) is 6.42 Å². The number of anilines is 2. The van der Waals surface area contributed by atoms with E-state index in [1.54, 1.807) is 60.7 Å². The molecule has 7 nitrogen and oxygen atoms in total. The zero-order valence-corrected chi connectivity index (χ0v) is 17.8. The van der Waals surface area contributed by atoms with Gasteiger partial charge in [0.2, 0.25) is 0 Å². The summed E-state index contributed by atoms with van der Waals surface area (Å²) in [5.74, 6) is -0.758. The summed E-state index contributed by atoms with van der Waals surface area (Å²) in [7, 11) is 0. The quantitative estimate of drug-likeness (QED) is 0.467.